The van der Waals surface area contributed by atoms with Crippen molar-refractivity contribution in [1.29, 1.82) is 0 Å². The summed E-state index contributed by atoms with van der Waals surface area (Å²) in [6, 6.07) is 10.1. The van der Waals surface area contributed by atoms with Gasteiger partial charge in [-0.1, -0.05) is 11.3 Å². The summed E-state index contributed by atoms with van der Waals surface area (Å²) >= 11 is 1.41. The molecule has 11 heteroatoms. The average molecular weight is 490 g/mol. The van der Waals surface area contributed by atoms with Gasteiger partial charge in [0, 0.05) is 38.2 Å². The topological polar surface area (TPSA) is 99.4 Å². The molecule has 1 amide bonds. The highest BCUT2D eigenvalue weighted by molar-refractivity contribution is 7.89. The molecule has 3 heterocycles. The lowest BCUT2D eigenvalue weighted by atomic mass is 9.98. The number of fused-ring (bicyclic) bond motifs is 2. The maximum Gasteiger partial charge on any atom is 0.251 e. The van der Waals surface area contributed by atoms with Crippen molar-refractivity contribution >= 4 is 37.5 Å². The van der Waals surface area contributed by atoms with E-state index in [1.807, 2.05) is 23.7 Å². The highest BCUT2D eigenvalue weighted by Gasteiger charge is 2.32. The highest BCUT2D eigenvalue weighted by Crippen LogP contribution is 2.36. The van der Waals surface area contributed by atoms with Crippen LogP contribution in [0.15, 0.2) is 46.3 Å². The number of aryl methyl sites for hydroxylation is 1. The predicted octanol–water partition coefficient (Wildman–Crippen LogP) is 2.51. The van der Waals surface area contributed by atoms with Gasteiger partial charge in [0.1, 0.15) is 5.75 Å². The molecule has 1 fully saturated rings. The molecular weight excluding hydrogens is 466 g/mol. The van der Waals surface area contributed by atoms with Crippen molar-refractivity contribution in [3.63, 3.8) is 0 Å². The Kier molecular flexibility index (Phi) is 5.63. The molecule has 0 unspecified atom stereocenters. The summed E-state index contributed by atoms with van der Waals surface area (Å²) in [7, 11) is -0.224. The summed E-state index contributed by atoms with van der Waals surface area (Å²) < 4.78 is 46.1. The van der Waals surface area contributed by atoms with Gasteiger partial charge in [-0.2, -0.15) is 9.30 Å². The summed E-state index contributed by atoms with van der Waals surface area (Å²) in [6.07, 6.45) is 0.866. The zero-order chi connectivity index (χ0) is 23.2. The van der Waals surface area contributed by atoms with Crippen LogP contribution in [0.3, 0.4) is 0 Å². The molecule has 0 N–H and O–H groups in total. The Labute approximate surface area is 194 Å². The summed E-state index contributed by atoms with van der Waals surface area (Å²) in [5.41, 5.74) is 0.913. The van der Waals surface area contributed by atoms with Crippen LogP contribution in [-0.4, -0.2) is 50.2 Å². The molecule has 3 aromatic rings. The summed E-state index contributed by atoms with van der Waals surface area (Å²) in [5, 5.41) is 0. The number of ether oxygens (including phenoxy) is 3. The quantitative estimate of drug-likeness (QED) is 0.558. The van der Waals surface area contributed by atoms with Crippen LogP contribution >= 0.6 is 11.3 Å². The van der Waals surface area contributed by atoms with Crippen LogP contribution in [0.25, 0.3) is 10.2 Å². The molecule has 174 valence electrons. The minimum absolute atomic E-state index is 0.207. The van der Waals surface area contributed by atoms with Crippen LogP contribution in [-0.2, 0) is 21.9 Å². The molecule has 0 spiro atoms. The predicted molar refractivity (Wildman–Crippen MR) is 122 cm³/mol. The molecular formula is C22H23N3O6S2. The third-order valence-corrected chi connectivity index (χ3v) is 9.02. The van der Waals surface area contributed by atoms with Gasteiger partial charge in [-0.25, -0.2) is 8.42 Å². The first-order valence-corrected chi connectivity index (χ1v) is 12.7. The van der Waals surface area contributed by atoms with Crippen LogP contribution in [0.2, 0.25) is 0 Å². The van der Waals surface area contributed by atoms with E-state index in [4.69, 9.17) is 14.2 Å². The monoisotopic (exact) mass is 489 g/mol. The van der Waals surface area contributed by atoms with Crippen LogP contribution in [0.5, 0.6) is 17.2 Å². The van der Waals surface area contributed by atoms with Gasteiger partial charge in [0.05, 0.1) is 22.2 Å². The van der Waals surface area contributed by atoms with E-state index < -0.39 is 10.0 Å². The van der Waals surface area contributed by atoms with Crippen LogP contribution in [0.4, 0.5) is 0 Å². The highest BCUT2D eigenvalue weighted by atomic mass is 32.2. The number of benzene rings is 2. The number of carbonyl (C=O) groups is 1. The van der Waals surface area contributed by atoms with Crippen molar-refractivity contribution in [1.82, 2.24) is 8.87 Å². The third kappa shape index (κ3) is 4.00. The third-order valence-electron chi connectivity index (χ3n) is 6.01. The van der Waals surface area contributed by atoms with Gasteiger partial charge in [0.25, 0.3) is 5.91 Å². The van der Waals surface area contributed by atoms with Crippen LogP contribution in [0, 0.1) is 5.92 Å². The minimum Gasteiger partial charge on any atom is -0.497 e. The van der Waals surface area contributed by atoms with Gasteiger partial charge >= 0.3 is 0 Å². The second-order valence-corrected chi connectivity index (χ2v) is 10.9. The SMILES string of the molecule is COc1ccc(S(=O)(=O)N2CCC(C(=O)N=c3sc4cc5c(cc4n3C)OCO5)CC2)cc1. The Hall–Kier alpha value is -2.89. The molecule has 0 radical (unpaired) electrons. The molecule has 1 saturated heterocycles. The minimum atomic E-state index is -3.61. The zero-order valence-corrected chi connectivity index (χ0v) is 19.8. The van der Waals surface area contributed by atoms with Crippen molar-refractivity contribution in [2.75, 3.05) is 27.0 Å². The Morgan fingerprint density at radius 1 is 1.12 bits per heavy atom. The van der Waals surface area contributed by atoms with Crippen LogP contribution < -0.4 is 19.0 Å². The maximum atomic E-state index is 12.9. The number of nitrogens with zero attached hydrogens (tertiary/aromatic N) is 3. The number of hydrogen-bond acceptors (Lipinski definition) is 7. The molecule has 0 saturated carbocycles. The number of rotatable bonds is 4. The van der Waals surface area contributed by atoms with E-state index in [2.05, 4.69) is 4.99 Å². The first kappa shape index (κ1) is 21.9. The average Bonchev–Trinajstić information content (AvgIpc) is 3.41. The van der Waals surface area contributed by atoms with E-state index >= 15 is 0 Å². The fourth-order valence-electron chi connectivity index (χ4n) is 4.05. The Morgan fingerprint density at radius 3 is 2.45 bits per heavy atom. The van der Waals surface area contributed by atoms with E-state index in [1.165, 1.54) is 34.9 Å². The fourth-order valence-corrected chi connectivity index (χ4v) is 6.55. The zero-order valence-electron chi connectivity index (χ0n) is 18.2. The summed E-state index contributed by atoms with van der Waals surface area (Å²) in [6.45, 7) is 0.763. The van der Waals surface area contributed by atoms with E-state index in [9.17, 15) is 13.2 Å². The normalized spacial score (nSPS) is 17.6. The smallest absolute Gasteiger partial charge is 0.251 e. The first-order chi connectivity index (χ1) is 15.9. The number of carbonyl (C=O) groups excluding carboxylic acids is 1. The van der Waals surface area contributed by atoms with Gasteiger partial charge in [-0.3, -0.25) is 4.79 Å². The number of piperidine rings is 1. The van der Waals surface area contributed by atoms with Gasteiger partial charge in [-0.05, 0) is 37.1 Å². The molecule has 1 aromatic heterocycles. The molecule has 0 atom stereocenters. The van der Waals surface area contributed by atoms with Gasteiger partial charge in [0.2, 0.25) is 16.8 Å². The second kappa shape index (κ2) is 8.47. The Balaban J connectivity index is 1.31. The summed E-state index contributed by atoms with van der Waals surface area (Å²) in [4.78, 5) is 18.1. The van der Waals surface area contributed by atoms with E-state index in [0.29, 0.717) is 34.9 Å². The molecule has 2 aromatic carbocycles. The van der Waals surface area contributed by atoms with Gasteiger partial charge < -0.3 is 18.8 Å². The molecule has 2 aliphatic heterocycles. The fraction of sp³-hybridized carbons (Fsp3) is 0.364. The molecule has 33 heavy (non-hydrogen) atoms. The van der Waals surface area contributed by atoms with Crippen LogP contribution in [0.1, 0.15) is 12.8 Å². The van der Waals surface area contributed by atoms with Crippen molar-refractivity contribution in [3.05, 3.63) is 41.2 Å². The Bertz CT molecular complexity index is 1380. The largest absolute Gasteiger partial charge is 0.497 e. The number of hydrogen-bond donors (Lipinski definition) is 0. The lowest BCUT2D eigenvalue weighted by Gasteiger charge is -2.29. The standard InChI is InChI=1S/C22H23N3O6S2/c1-24-17-11-18-19(31-13-30-18)12-20(17)32-22(24)23-21(26)14-7-9-25(10-8-14)33(27,28)16-5-3-15(29-2)4-6-16/h3-6,11-12,14H,7-10,13H2,1-2H3. The van der Waals surface area contributed by atoms with Crippen molar-refractivity contribution < 1.29 is 27.4 Å². The van der Waals surface area contributed by atoms with E-state index in [0.717, 1.165) is 10.2 Å². The number of methoxy groups -OCH3 is 1. The molecule has 2 aliphatic rings. The van der Waals surface area contributed by atoms with Gasteiger partial charge in [-0.15, -0.1) is 0 Å². The van der Waals surface area contributed by atoms with Crippen molar-refractivity contribution in [3.8, 4) is 17.2 Å². The van der Waals surface area contributed by atoms with Crippen molar-refractivity contribution in [2.45, 2.75) is 17.7 Å². The summed E-state index contributed by atoms with van der Waals surface area (Å²) in [5.74, 6) is 1.43. The van der Waals surface area contributed by atoms with Gasteiger partial charge in [0.15, 0.2) is 16.3 Å². The molecule has 0 bridgehead atoms. The number of thiazole rings is 1. The first-order valence-electron chi connectivity index (χ1n) is 10.5. The number of sulfonamides is 1. The molecule has 0 aliphatic carbocycles. The lowest BCUT2D eigenvalue weighted by Crippen LogP contribution is -2.40. The second-order valence-electron chi connectivity index (χ2n) is 7.92. The number of aromatic nitrogens is 1. The Morgan fingerprint density at radius 2 is 1.79 bits per heavy atom. The number of amides is 1. The van der Waals surface area contributed by atoms with E-state index in [-0.39, 0.29) is 36.6 Å². The van der Waals surface area contributed by atoms with Crippen molar-refractivity contribution in [2.24, 2.45) is 18.0 Å². The van der Waals surface area contributed by atoms with E-state index in [1.54, 1.807) is 12.1 Å². The lowest BCUT2D eigenvalue weighted by molar-refractivity contribution is -0.122. The molecule has 5 rings (SSSR count). The maximum absolute atomic E-state index is 12.9. The molecule has 9 nitrogen and oxygen atoms in total.